The summed E-state index contributed by atoms with van der Waals surface area (Å²) >= 11 is 0. The molecule has 0 amide bonds. The fourth-order valence-corrected chi connectivity index (χ4v) is 1.93. The smallest absolute Gasteiger partial charge is 0.115 e. The summed E-state index contributed by atoms with van der Waals surface area (Å²) in [5, 5.41) is 32.4. The summed E-state index contributed by atoms with van der Waals surface area (Å²) < 4.78 is 31.0. The van der Waals surface area contributed by atoms with E-state index >= 15 is 0 Å². The first-order chi connectivity index (χ1) is 11.7. The standard InChI is InChI=1S/C17H21NO3/c1-12(17(21)14-4-8-16(20)9-5-14)18-11-10-13-2-6-15(19)7-3-13/h2-9,12,17-21H,10-11H2,1H3/t12-,17+/m0/s1/i4D,5D,8D,9D. The molecule has 0 aliphatic carbocycles. The molecule has 0 radical (unpaired) electrons. The Balaban J connectivity index is 2.07. The van der Waals surface area contributed by atoms with Gasteiger partial charge in [0.05, 0.1) is 11.6 Å². The number of aliphatic hydroxyl groups is 1. The minimum absolute atomic E-state index is 0.141. The fraction of sp³-hybridized carbons (Fsp3) is 0.294. The van der Waals surface area contributed by atoms with Gasteiger partial charge in [-0.05, 0) is 55.2 Å². The Morgan fingerprint density at radius 2 is 1.67 bits per heavy atom. The van der Waals surface area contributed by atoms with Gasteiger partial charge in [-0.25, -0.2) is 0 Å². The Hall–Kier alpha value is -2.04. The molecule has 0 bridgehead atoms. The first-order valence-corrected chi connectivity index (χ1v) is 6.72. The van der Waals surface area contributed by atoms with Crippen LogP contribution in [0.15, 0.2) is 48.4 Å². The predicted molar refractivity (Wildman–Crippen MR) is 82.3 cm³/mol. The number of aromatic hydroxyl groups is 2. The number of phenols is 2. The Morgan fingerprint density at radius 1 is 1.05 bits per heavy atom. The lowest BCUT2D eigenvalue weighted by atomic mass is 10.0. The van der Waals surface area contributed by atoms with Crippen molar-refractivity contribution in [2.45, 2.75) is 25.5 Å². The Morgan fingerprint density at radius 3 is 2.29 bits per heavy atom. The van der Waals surface area contributed by atoms with E-state index in [1.807, 2.05) is 0 Å². The van der Waals surface area contributed by atoms with Crippen LogP contribution in [-0.4, -0.2) is 27.9 Å². The second kappa shape index (κ2) is 7.11. The van der Waals surface area contributed by atoms with Gasteiger partial charge in [0.15, 0.2) is 0 Å². The first kappa shape index (κ1) is 10.7. The number of hydrogen-bond donors (Lipinski definition) is 4. The highest BCUT2D eigenvalue weighted by Crippen LogP contribution is 2.19. The fourth-order valence-electron chi connectivity index (χ4n) is 1.93. The van der Waals surface area contributed by atoms with E-state index in [-0.39, 0.29) is 11.3 Å². The van der Waals surface area contributed by atoms with E-state index in [1.165, 1.54) is 0 Å². The van der Waals surface area contributed by atoms with Gasteiger partial charge in [0, 0.05) is 6.04 Å². The van der Waals surface area contributed by atoms with Crippen molar-refractivity contribution in [1.29, 1.82) is 0 Å². The molecule has 0 unspecified atom stereocenters. The summed E-state index contributed by atoms with van der Waals surface area (Å²) in [5.74, 6) is -0.532. The summed E-state index contributed by atoms with van der Waals surface area (Å²) in [5.41, 5.74) is 0.860. The van der Waals surface area contributed by atoms with Crippen LogP contribution < -0.4 is 5.32 Å². The van der Waals surface area contributed by atoms with Crippen LogP contribution in [0.5, 0.6) is 11.5 Å². The van der Waals surface area contributed by atoms with E-state index in [4.69, 9.17) is 5.48 Å². The molecule has 4 N–H and O–H groups in total. The molecule has 0 aromatic heterocycles. The van der Waals surface area contributed by atoms with Crippen LogP contribution in [0.1, 0.15) is 29.6 Å². The Kier molecular flexibility index (Phi) is 3.61. The van der Waals surface area contributed by atoms with Crippen molar-refractivity contribution in [3.63, 3.8) is 0 Å². The summed E-state index contributed by atoms with van der Waals surface area (Å²) in [4.78, 5) is 0. The topological polar surface area (TPSA) is 72.7 Å². The zero-order valence-corrected chi connectivity index (χ0v) is 11.7. The lowest BCUT2D eigenvalue weighted by molar-refractivity contribution is 0.136. The molecule has 2 aromatic carbocycles. The van der Waals surface area contributed by atoms with Crippen molar-refractivity contribution in [3.05, 3.63) is 59.6 Å². The summed E-state index contributed by atoms with van der Waals surface area (Å²) in [6.07, 6.45) is -0.601. The summed E-state index contributed by atoms with van der Waals surface area (Å²) in [6, 6.07) is 4.23. The molecule has 2 atom stereocenters. The maximum Gasteiger partial charge on any atom is 0.115 e. The molecule has 0 fully saturated rings. The van der Waals surface area contributed by atoms with E-state index in [2.05, 4.69) is 5.32 Å². The van der Waals surface area contributed by atoms with Gasteiger partial charge in [-0.1, -0.05) is 24.2 Å². The first-order valence-electron chi connectivity index (χ1n) is 8.72. The van der Waals surface area contributed by atoms with Crippen LogP contribution in [0.25, 0.3) is 0 Å². The molecular formula is C17H21NO3. The van der Waals surface area contributed by atoms with Crippen LogP contribution in [0.2, 0.25) is 0 Å². The van der Waals surface area contributed by atoms with Crippen molar-refractivity contribution in [1.82, 2.24) is 5.32 Å². The van der Waals surface area contributed by atoms with E-state index in [1.54, 1.807) is 31.2 Å². The van der Waals surface area contributed by atoms with Gasteiger partial charge < -0.3 is 20.6 Å². The molecule has 0 heterocycles. The third-order valence-electron chi connectivity index (χ3n) is 3.22. The van der Waals surface area contributed by atoms with Crippen LogP contribution in [-0.2, 0) is 6.42 Å². The van der Waals surface area contributed by atoms with Gasteiger partial charge in [0.2, 0.25) is 0 Å². The second-order valence-electron chi connectivity index (χ2n) is 4.87. The van der Waals surface area contributed by atoms with Crippen molar-refractivity contribution in [2.75, 3.05) is 6.54 Å². The van der Waals surface area contributed by atoms with E-state index < -0.39 is 42.1 Å². The third-order valence-corrected chi connectivity index (χ3v) is 3.22. The second-order valence-corrected chi connectivity index (χ2v) is 4.87. The molecule has 4 nitrogen and oxygen atoms in total. The van der Waals surface area contributed by atoms with Gasteiger partial charge in [-0.3, -0.25) is 0 Å². The third kappa shape index (κ3) is 4.48. The van der Waals surface area contributed by atoms with Gasteiger partial charge >= 0.3 is 0 Å². The van der Waals surface area contributed by atoms with Crippen molar-refractivity contribution in [2.24, 2.45) is 0 Å². The number of aliphatic hydroxyl groups excluding tert-OH is 1. The van der Waals surface area contributed by atoms with Crippen LogP contribution in [0.4, 0.5) is 0 Å². The van der Waals surface area contributed by atoms with Crippen molar-refractivity contribution < 1.29 is 20.8 Å². The number of nitrogens with one attached hydrogen (secondary N) is 1. The highest BCUT2D eigenvalue weighted by atomic mass is 16.3. The zero-order valence-electron chi connectivity index (χ0n) is 15.7. The van der Waals surface area contributed by atoms with Crippen molar-refractivity contribution >= 4 is 0 Å². The molecule has 0 aliphatic rings. The molecule has 2 aromatic rings. The normalized spacial score (nSPS) is 16.5. The monoisotopic (exact) mass is 291 g/mol. The summed E-state index contributed by atoms with van der Waals surface area (Å²) in [7, 11) is 0. The molecule has 0 aliphatic heterocycles. The molecule has 21 heavy (non-hydrogen) atoms. The Bertz CT molecular complexity index is 724. The number of rotatable bonds is 6. The highest BCUT2D eigenvalue weighted by molar-refractivity contribution is 5.28. The quantitative estimate of drug-likeness (QED) is 0.659. The largest absolute Gasteiger partial charge is 0.508 e. The van der Waals surface area contributed by atoms with Gasteiger partial charge in [-0.2, -0.15) is 0 Å². The molecule has 0 spiro atoms. The number of hydrogen-bond acceptors (Lipinski definition) is 4. The number of phenolic OH excluding ortho intramolecular Hbond substituents is 2. The van der Waals surface area contributed by atoms with Crippen LogP contribution in [0.3, 0.4) is 0 Å². The highest BCUT2D eigenvalue weighted by Gasteiger charge is 2.15. The van der Waals surface area contributed by atoms with Crippen molar-refractivity contribution in [3.8, 4) is 11.5 Å². The van der Waals surface area contributed by atoms with E-state index in [0.717, 1.165) is 5.56 Å². The predicted octanol–water partition coefficient (Wildman–Crippen LogP) is 2.35. The number of benzene rings is 2. The Labute approximate surface area is 130 Å². The van der Waals surface area contributed by atoms with E-state index in [0.29, 0.717) is 13.0 Å². The lowest BCUT2D eigenvalue weighted by Gasteiger charge is -2.20. The maximum absolute atomic E-state index is 10.4. The molecule has 112 valence electrons. The molecule has 0 saturated carbocycles. The molecule has 4 heteroatoms. The maximum atomic E-state index is 10.4. The van der Waals surface area contributed by atoms with Crippen LogP contribution >= 0.6 is 0 Å². The van der Waals surface area contributed by atoms with Gasteiger partial charge in [0.1, 0.15) is 11.5 Å². The van der Waals surface area contributed by atoms with Crippen LogP contribution in [0, 0.1) is 0 Å². The summed E-state index contributed by atoms with van der Waals surface area (Å²) in [6.45, 7) is 2.20. The molecular weight excluding hydrogens is 266 g/mol. The molecule has 0 saturated heterocycles. The van der Waals surface area contributed by atoms with Gasteiger partial charge in [0.25, 0.3) is 0 Å². The van der Waals surface area contributed by atoms with E-state index in [9.17, 15) is 15.3 Å². The zero-order chi connectivity index (χ0) is 18.7. The van der Waals surface area contributed by atoms with Gasteiger partial charge in [-0.15, -0.1) is 0 Å². The average molecular weight is 291 g/mol. The SMILES string of the molecule is [2H]c1c([2H])c([C@H](O)[C@H](C)NCCc2ccc(O)cc2)c([2H])c([2H])c1O. The lowest BCUT2D eigenvalue weighted by Crippen LogP contribution is -2.33. The minimum atomic E-state index is -1.26. The molecule has 2 rings (SSSR count). The minimum Gasteiger partial charge on any atom is -0.508 e. The average Bonchev–Trinajstić information content (AvgIpc) is 2.60.